The summed E-state index contributed by atoms with van der Waals surface area (Å²) in [7, 11) is 2.02. The van der Waals surface area contributed by atoms with Gasteiger partial charge in [-0.2, -0.15) is 0 Å². The molecule has 22 heavy (non-hydrogen) atoms. The number of halogens is 1. The number of hydrogen-bond acceptors (Lipinski definition) is 3. The number of carbonyl (C=O) groups excluding carboxylic acids is 1. The first-order valence-electron chi connectivity index (χ1n) is 8.59. The molecule has 0 aromatic rings. The number of hydrogen-bond donors (Lipinski definition) is 1. The van der Waals surface area contributed by atoms with E-state index in [0.717, 1.165) is 25.6 Å². The van der Waals surface area contributed by atoms with E-state index in [1.165, 1.54) is 19.3 Å². The van der Waals surface area contributed by atoms with Gasteiger partial charge in [-0.25, -0.2) is 0 Å². The van der Waals surface area contributed by atoms with Crippen molar-refractivity contribution in [3.05, 3.63) is 0 Å². The second-order valence-electron chi connectivity index (χ2n) is 6.98. The van der Waals surface area contributed by atoms with E-state index < -0.39 is 0 Å². The smallest absolute Gasteiger partial charge is 0.240 e. The lowest BCUT2D eigenvalue weighted by atomic mass is 9.92. The number of nitrogens with one attached hydrogen (secondary N) is 1. The molecule has 0 bridgehead atoms. The van der Waals surface area contributed by atoms with Crippen LogP contribution in [0, 0.1) is 5.92 Å². The van der Waals surface area contributed by atoms with E-state index in [1.807, 2.05) is 11.9 Å². The van der Waals surface area contributed by atoms with Gasteiger partial charge in [-0.05, 0) is 86.5 Å². The Morgan fingerprint density at radius 2 is 1.64 bits per heavy atom. The average Bonchev–Trinajstić information content (AvgIpc) is 2.44. The number of likely N-dealkylation sites (tertiary alicyclic amines) is 1. The molecular formula is C17H36ClN3O. The topological polar surface area (TPSA) is 35.6 Å². The van der Waals surface area contributed by atoms with Crippen molar-refractivity contribution in [2.75, 3.05) is 26.7 Å². The molecule has 1 rings (SSSR count). The van der Waals surface area contributed by atoms with Gasteiger partial charge in [-0.3, -0.25) is 9.69 Å². The van der Waals surface area contributed by atoms with Crippen molar-refractivity contribution in [2.24, 2.45) is 5.92 Å². The lowest BCUT2D eigenvalue weighted by Crippen LogP contribution is -2.53. The lowest BCUT2D eigenvalue weighted by Gasteiger charge is -2.40. The first-order chi connectivity index (χ1) is 9.88. The van der Waals surface area contributed by atoms with Crippen LogP contribution in [-0.2, 0) is 4.79 Å². The van der Waals surface area contributed by atoms with Crippen LogP contribution in [0.2, 0.25) is 0 Å². The summed E-state index contributed by atoms with van der Waals surface area (Å²) in [5.74, 6) is 1.11. The molecule has 1 N–H and O–H groups in total. The SMILES string of the molecule is CNCCC1CCN(C(C)C(=O)N(C(C)C)C(C)C)CC1.Cl. The summed E-state index contributed by atoms with van der Waals surface area (Å²) < 4.78 is 0. The molecule has 0 aromatic carbocycles. The third-order valence-corrected chi connectivity index (χ3v) is 4.72. The van der Waals surface area contributed by atoms with Crippen molar-refractivity contribution < 1.29 is 4.79 Å². The normalized spacial score (nSPS) is 18.4. The van der Waals surface area contributed by atoms with Gasteiger partial charge in [0.15, 0.2) is 0 Å². The van der Waals surface area contributed by atoms with Gasteiger partial charge >= 0.3 is 0 Å². The van der Waals surface area contributed by atoms with Gasteiger partial charge in [0.1, 0.15) is 0 Å². The first kappa shape index (κ1) is 21.7. The van der Waals surface area contributed by atoms with Crippen LogP contribution in [0.1, 0.15) is 53.9 Å². The Morgan fingerprint density at radius 1 is 1.14 bits per heavy atom. The van der Waals surface area contributed by atoms with E-state index in [4.69, 9.17) is 0 Å². The standard InChI is InChI=1S/C17H35N3O.ClH/c1-13(2)20(14(3)4)17(21)15(5)19-11-8-16(9-12-19)7-10-18-6;/h13-16,18H,7-12H2,1-6H3;1H. The van der Waals surface area contributed by atoms with Crippen LogP contribution in [0.15, 0.2) is 0 Å². The van der Waals surface area contributed by atoms with Crippen LogP contribution in [0.25, 0.3) is 0 Å². The number of carbonyl (C=O) groups is 1. The molecule has 0 spiro atoms. The van der Waals surface area contributed by atoms with Crippen LogP contribution >= 0.6 is 12.4 Å². The summed E-state index contributed by atoms with van der Waals surface area (Å²) in [4.78, 5) is 17.1. The van der Waals surface area contributed by atoms with E-state index in [2.05, 4.69) is 44.8 Å². The molecule has 5 heteroatoms. The Bertz CT molecular complexity index is 307. The fourth-order valence-corrected chi connectivity index (χ4v) is 3.45. The van der Waals surface area contributed by atoms with Gasteiger partial charge in [0, 0.05) is 12.1 Å². The third kappa shape index (κ3) is 6.05. The maximum absolute atomic E-state index is 12.8. The highest BCUT2D eigenvalue weighted by molar-refractivity contribution is 5.85. The molecule has 1 heterocycles. The average molecular weight is 334 g/mol. The lowest BCUT2D eigenvalue weighted by molar-refractivity contribution is -0.140. The Labute approximate surface area is 143 Å². The van der Waals surface area contributed by atoms with Gasteiger partial charge in [0.2, 0.25) is 5.91 Å². The molecule has 1 aliphatic heterocycles. The molecule has 1 aliphatic rings. The third-order valence-electron chi connectivity index (χ3n) is 4.72. The summed E-state index contributed by atoms with van der Waals surface area (Å²) in [5.41, 5.74) is 0. The van der Waals surface area contributed by atoms with Crippen LogP contribution in [0.3, 0.4) is 0 Å². The summed E-state index contributed by atoms with van der Waals surface area (Å²) in [6, 6.07) is 0.557. The largest absolute Gasteiger partial charge is 0.336 e. The van der Waals surface area contributed by atoms with Gasteiger partial charge in [0.05, 0.1) is 6.04 Å². The summed E-state index contributed by atoms with van der Waals surface area (Å²) >= 11 is 0. The monoisotopic (exact) mass is 333 g/mol. The summed E-state index contributed by atoms with van der Waals surface area (Å²) in [6.07, 6.45) is 3.71. The van der Waals surface area contributed by atoms with Gasteiger partial charge in [0.25, 0.3) is 0 Å². The minimum atomic E-state index is 0. The van der Waals surface area contributed by atoms with Crippen molar-refractivity contribution in [3.63, 3.8) is 0 Å². The fourth-order valence-electron chi connectivity index (χ4n) is 3.45. The molecule has 1 fully saturated rings. The quantitative estimate of drug-likeness (QED) is 0.778. The second kappa shape index (κ2) is 10.5. The molecular weight excluding hydrogens is 298 g/mol. The van der Waals surface area contributed by atoms with Crippen molar-refractivity contribution >= 4 is 18.3 Å². The molecule has 0 aromatic heterocycles. The molecule has 1 saturated heterocycles. The predicted octanol–water partition coefficient (Wildman–Crippen LogP) is 2.76. The predicted molar refractivity (Wildman–Crippen MR) is 96.7 cm³/mol. The zero-order valence-corrected chi connectivity index (χ0v) is 16.1. The van der Waals surface area contributed by atoms with Crippen LogP contribution < -0.4 is 5.32 Å². The molecule has 0 saturated carbocycles. The van der Waals surface area contributed by atoms with E-state index in [9.17, 15) is 4.79 Å². The van der Waals surface area contributed by atoms with E-state index in [1.54, 1.807) is 0 Å². The zero-order chi connectivity index (χ0) is 16.0. The van der Waals surface area contributed by atoms with Crippen LogP contribution in [0.5, 0.6) is 0 Å². The minimum Gasteiger partial charge on any atom is -0.336 e. The van der Waals surface area contributed by atoms with Crippen molar-refractivity contribution in [1.82, 2.24) is 15.1 Å². The summed E-state index contributed by atoms with van der Waals surface area (Å²) in [6.45, 7) is 13.7. The molecule has 0 radical (unpaired) electrons. The Morgan fingerprint density at radius 3 is 2.05 bits per heavy atom. The van der Waals surface area contributed by atoms with E-state index in [-0.39, 0.29) is 36.4 Å². The second-order valence-corrected chi connectivity index (χ2v) is 6.98. The van der Waals surface area contributed by atoms with E-state index >= 15 is 0 Å². The first-order valence-corrected chi connectivity index (χ1v) is 8.59. The zero-order valence-electron chi connectivity index (χ0n) is 15.3. The Hall–Kier alpha value is -0.320. The van der Waals surface area contributed by atoms with E-state index in [0.29, 0.717) is 0 Å². The Balaban J connectivity index is 0.00000441. The maximum Gasteiger partial charge on any atom is 0.240 e. The fraction of sp³-hybridized carbons (Fsp3) is 0.941. The minimum absolute atomic E-state index is 0. The highest BCUT2D eigenvalue weighted by atomic mass is 35.5. The summed E-state index contributed by atoms with van der Waals surface area (Å²) in [5, 5.41) is 3.23. The molecule has 0 aliphatic carbocycles. The highest BCUT2D eigenvalue weighted by Gasteiger charge is 2.31. The van der Waals surface area contributed by atoms with Crippen molar-refractivity contribution in [1.29, 1.82) is 0 Å². The molecule has 1 amide bonds. The number of piperidine rings is 1. The molecule has 1 atom stereocenters. The van der Waals surface area contributed by atoms with Crippen LogP contribution in [0.4, 0.5) is 0 Å². The molecule has 1 unspecified atom stereocenters. The molecule has 4 nitrogen and oxygen atoms in total. The van der Waals surface area contributed by atoms with Gasteiger partial charge < -0.3 is 10.2 Å². The Kier molecular flexibility index (Phi) is 10.3. The highest BCUT2D eigenvalue weighted by Crippen LogP contribution is 2.22. The van der Waals surface area contributed by atoms with Crippen molar-refractivity contribution in [3.8, 4) is 0 Å². The number of nitrogens with zero attached hydrogens (tertiary/aromatic N) is 2. The van der Waals surface area contributed by atoms with Crippen LogP contribution in [-0.4, -0.2) is 60.5 Å². The number of amides is 1. The van der Waals surface area contributed by atoms with Gasteiger partial charge in [-0.15, -0.1) is 12.4 Å². The molecule has 132 valence electrons. The maximum atomic E-state index is 12.8. The van der Waals surface area contributed by atoms with Gasteiger partial charge in [-0.1, -0.05) is 0 Å². The number of rotatable bonds is 7. The van der Waals surface area contributed by atoms with Crippen molar-refractivity contribution in [2.45, 2.75) is 72.0 Å².